The molecular formula is C16H17NO3. The molecule has 4 nitrogen and oxygen atoms in total. The molecule has 2 atom stereocenters. The largest absolute Gasteiger partial charge is 0.512 e. The summed E-state index contributed by atoms with van der Waals surface area (Å²) < 4.78 is 5.03. The molecule has 20 heavy (non-hydrogen) atoms. The standard InChI is InChI=1S/C16H17NO3/c1-2-20-16(19)15-13(18)9-8-12(10-17)14(15)11-6-4-3-5-7-11/h3-7,12,14,18H,2,8-9H2,1H3/t12-,14-/m0/s1. The second-order valence-corrected chi connectivity index (χ2v) is 4.74. The first kappa shape index (κ1) is 14.1. The molecule has 0 saturated heterocycles. The van der Waals surface area contributed by atoms with Gasteiger partial charge in [-0.3, -0.25) is 0 Å². The number of carbonyl (C=O) groups is 1. The molecule has 1 aliphatic rings. The minimum absolute atomic E-state index is 0.0452. The summed E-state index contributed by atoms with van der Waals surface area (Å²) in [5.74, 6) is -1.23. The van der Waals surface area contributed by atoms with Crippen molar-refractivity contribution in [3.05, 3.63) is 47.2 Å². The Balaban J connectivity index is 2.48. The van der Waals surface area contributed by atoms with E-state index in [0.717, 1.165) is 5.56 Å². The fraction of sp³-hybridized carbons (Fsp3) is 0.375. The SMILES string of the molecule is CCOC(=O)C1=C(O)CC[C@@H](C#N)[C@@H]1c1ccccc1. The predicted octanol–water partition coefficient (Wildman–Crippen LogP) is 3.08. The van der Waals surface area contributed by atoms with Gasteiger partial charge >= 0.3 is 5.97 Å². The Bertz CT molecular complexity index is 557. The minimum atomic E-state index is -0.529. The summed E-state index contributed by atoms with van der Waals surface area (Å²) in [5, 5.41) is 19.4. The van der Waals surface area contributed by atoms with E-state index in [-0.39, 0.29) is 23.9 Å². The van der Waals surface area contributed by atoms with Crippen LogP contribution in [0.1, 0.15) is 31.2 Å². The monoisotopic (exact) mass is 271 g/mol. The Kier molecular flexibility index (Phi) is 4.41. The van der Waals surface area contributed by atoms with Gasteiger partial charge in [-0.05, 0) is 18.9 Å². The average molecular weight is 271 g/mol. The van der Waals surface area contributed by atoms with Crippen LogP contribution in [0.15, 0.2) is 41.7 Å². The second kappa shape index (κ2) is 6.25. The normalized spacial score (nSPS) is 22.2. The van der Waals surface area contributed by atoms with Gasteiger partial charge in [-0.2, -0.15) is 5.26 Å². The number of aliphatic hydroxyl groups is 1. The van der Waals surface area contributed by atoms with Crippen LogP contribution in [0.2, 0.25) is 0 Å². The maximum atomic E-state index is 12.1. The zero-order chi connectivity index (χ0) is 14.5. The molecular weight excluding hydrogens is 254 g/mol. The van der Waals surface area contributed by atoms with E-state index in [1.807, 2.05) is 30.3 Å². The van der Waals surface area contributed by atoms with Crippen LogP contribution in [0.5, 0.6) is 0 Å². The highest BCUT2D eigenvalue weighted by Crippen LogP contribution is 2.41. The first-order valence-electron chi connectivity index (χ1n) is 6.72. The van der Waals surface area contributed by atoms with Crippen LogP contribution in [0.3, 0.4) is 0 Å². The Morgan fingerprint density at radius 2 is 2.15 bits per heavy atom. The van der Waals surface area contributed by atoms with E-state index >= 15 is 0 Å². The van der Waals surface area contributed by atoms with Crippen molar-refractivity contribution in [1.82, 2.24) is 0 Å². The molecule has 104 valence electrons. The lowest BCUT2D eigenvalue weighted by molar-refractivity contribution is -0.139. The third-order valence-electron chi connectivity index (χ3n) is 3.54. The van der Waals surface area contributed by atoms with E-state index in [9.17, 15) is 15.2 Å². The van der Waals surface area contributed by atoms with Crippen LogP contribution in [-0.4, -0.2) is 17.7 Å². The van der Waals surface area contributed by atoms with Crippen molar-refractivity contribution in [2.45, 2.75) is 25.7 Å². The van der Waals surface area contributed by atoms with Gasteiger partial charge in [0.2, 0.25) is 0 Å². The van der Waals surface area contributed by atoms with Crippen LogP contribution >= 0.6 is 0 Å². The molecule has 0 bridgehead atoms. The van der Waals surface area contributed by atoms with Gasteiger partial charge < -0.3 is 9.84 Å². The Morgan fingerprint density at radius 3 is 2.75 bits per heavy atom. The van der Waals surface area contributed by atoms with Crippen molar-refractivity contribution in [3.8, 4) is 6.07 Å². The molecule has 0 aliphatic heterocycles. The average Bonchev–Trinajstić information content (AvgIpc) is 2.48. The third-order valence-corrected chi connectivity index (χ3v) is 3.54. The summed E-state index contributed by atoms with van der Waals surface area (Å²) in [6.07, 6.45) is 0.889. The van der Waals surface area contributed by atoms with Gasteiger partial charge in [0.15, 0.2) is 0 Å². The van der Waals surface area contributed by atoms with E-state index in [1.165, 1.54) is 0 Å². The van der Waals surface area contributed by atoms with Crippen LogP contribution in [0, 0.1) is 17.2 Å². The topological polar surface area (TPSA) is 70.3 Å². The molecule has 0 heterocycles. The highest BCUT2D eigenvalue weighted by atomic mass is 16.5. The first-order chi connectivity index (χ1) is 9.69. The fourth-order valence-electron chi connectivity index (χ4n) is 2.63. The summed E-state index contributed by atoms with van der Waals surface area (Å²) >= 11 is 0. The van der Waals surface area contributed by atoms with E-state index in [2.05, 4.69) is 6.07 Å². The maximum absolute atomic E-state index is 12.1. The fourth-order valence-corrected chi connectivity index (χ4v) is 2.63. The lowest BCUT2D eigenvalue weighted by Crippen LogP contribution is -2.26. The summed E-state index contributed by atoms with van der Waals surface area (Å²) in [6.45, 7) is 1.96. The molecule has 0 radical (unpaired) electrons. The Labute approximate surface area is 118 Å². The molecule has 4 heteroatoms. The van der Waals surface area contributed by atoms with Crippen LogP contribution in [0.4, 0.5) is 0 Å². The maximum Gasteiger partial charge on any atom is 0.338 e. The summed E-state index contributed by atoms with van der Waals surface area (Å²) in [5.41, 5.74) is 1.09. The number of esters is 1. The zero-order valence-electron chi connectivity index (χ0n) is 11.4. The van der Waals surface area contributed by atoms with Crippen molar-refractivity contribution < 1.29 is 14.6 Å². The van der Waals surface area contributed by atoms with Gasteiger partial charge in [0.05, 0.1) is 24.2 Å². The Morgan fingerprint density at radius 1 is 1.45 bits per heavy atom. The number of hydrogen-bond donors (Lipinski definition) is 1. The summed E-state index contributed by atoms with van der Waals surface area (Å²) in [6, 6.07) is 11.6. The molecule has 0 fully saturated rings. The van der Waals surface area contributed by atoms with E-state index in [1.54, 1.807) is 6.92 Å². The number of aliphatic hydroxyl groups excluding tert-OH is 1. The van der Waals surface area contributed by atoms with E-state index in [0.29, 0.717) is 12.8 Å². The van der Waals surface area contributed by atoms with Gasteiger partial charge in [0.1, 0.15) is 5.76 Å². The highest BCUT2D eigenvalue weighted by Gasteiger charge is 2.37. The molecule has 1 aromatic rings. The molecule has 0 amide bonds. The number of benzene rings is 1. The lowest BCUT2D eigenvalue weighted by Gasteiger charge is -2.29. The quantitative estimate of drug-likeness (QED) is 0.858. The molecule has 2 rings (SSSR count). The van der Waals surface area contributed by atoms with Crippen molar-refractivity contribution in [2.24, 2.45) is 5.92 Å². The zero-order valence-corrected chi connectivity index (χ0v) is 11.4. The van der Waals surface area contributed by atoms with Gasteiger partial charge in [0, 0.05) is 12.3 Å². The summed E-state index contributed by atoms with van der Waals surface area (Å²) in [4.78, 5) is 12.1. The number of nitriles is 1. The number of carbonyl (C=O) groups excluding carboxylic acids is 1. The van der Waals surface area contributed by atoms with Crippen LogP contribution in [-0.2, 0) is 9.53 Å². The number of nitrogens with zero attached hydrogens (tertiary/aromatic N) is 1. The third kappa shape index (κ3) is 2.67. The molecule has 0 aromatic heterocycles. The van der Waals surface area contributed by atoms with Crippen molar-refractivity contribution in [2.75, 3.05) is 6.61 Å². The molecule has 0 saturated carbocycles. The predicted molar refractivity (Wildman–Crippen MR) is 73.8 cm³/mol. The number of hydrogen-bond acceptors (Lipinski definition) is 4. The molecule has 0 spiro atoms. The highest BCUT2D eigenvalue weighted by molar-refractivity contribution is 5.91. The van der Waals surface area contributed by atoms with Gasteiger partial charge in [-0.25, -0.2) is 4.79 Å². The van der Waals surface area contributed by atoms with Gasteiger partial charge in [-0.1, -0.05) is 30.3 Å². The molecule has 1 aliphatic carbocycles. The van der Waals surface area contributed by atoms with E-state index in [4.69, 9.17) is 4.74 Å². The molecule has 1 aromatic carbocycles. The molecule has 1 N–H and O–H groups in total. The van der Waals surface area contributed by atoms with Crippen LogP contribution < -0.4 is 0 Å². The van der Waals surface area contributed by atoms with E-state index < -0.39 is 11.9 Å². The van der Waals surface area contributed by atoms with Crippen molar-refractivity contribution >= 4 is 5.97 Å². The number of rotatable bonds is 3. The van der Waals surface area contributed by atoms with Crippen molar-refractivity contribution in [1.29, 1.82) is 5.26 Å². The Hall–Kier alpha value is -2.28. The van der Waals surface area contributed by atoms with Gasteiger partial charge in [0.25, 0.3) is 0 Å². The number of allylic oxidation sites excluding steroid dienone is 1. The first-order valence-corrected chi connectivity index (χ1v) is 6.72. The summed E-state index contributed by atoms with van der Waals surface area (Å²) in [7, 11) is 0. The second-order valence-electron chi connectivity index (χ2n) is 4.74. The lowest BCUT2D eigenvalue weighted by atomic mass is 9.74. The van der Waals surface area contributed by atoms with Crippen LogP contribution in [0.25, 0.3) is 0 Å². The molecule has 0 unspecified atom stereocenters. The van der Waals surface area contributed by atoms with Crippen molar-refractivity contribution in [3.63, 3.8) is 0 Å². The number of ether oxygens (including phenoxy) is 1. The smallest absolute Gasteiger partial charge is 0.338 e. The van der Waals surface area contributed by atoms with Gasteiger partial charge in [-0.15, -0.1) is 0 Å². The minimum Gasteiger partial charge on any atom is -0.512 e.